The zero-order valence-electron chi connectivity index (χ0n) is 8.38. The summed E-state index contributed by atoms with van der Waals surface area (Å²) in [6, 6.07) is 5.32. The van der Waals surface area contributed by atoms with E-state index in [1.54, 1.807) is 18.2 Å². The maximum Gasteiger partial charge on any atom is 0.139 e. The third-order valence-corrected chi connectivity index (χ3v) is 2.78. The Bertz CT molecular complexity index is 303. The quantitative estimate of drug-likeness (QED) is 0.781. The first-order chi connectivity index (χ1) is 7.25. The molecule has 0 radical (unpaired) electrons. The number of aliphatic hydroxyl groups excluding tert-OH is 1. The van der Waals surface area contributed by atoms with Crippen LogP contribution in [0, 0.1) is 0 Å². The first-order valence-electron chi connectivity index (χ1n) is 4.93. The minimum atomic E-state index is 0.234. The lowest BCUT2D eigenvalue weighted by atomic mass is 10.2. The van der Waals surface area contributed by atoms with Gasteiger partial charge in [0.2, 0.25) is 0 Å². The van der Waals surface area contributed by atoms with Crippen molar-refractivity contribution in [2.75, 3.05) is 13.2 Å². The normalized spacial score (nSPS) is 10.3. The van der Waals surface area contributed by atoms with Crippen molar-refractivity contribution in [1.82, 2.24) is 0 Å². The highest BCUT2D eigenvalue weighted by Gasteiger charge is 2.04. The van der Waals surface area contributed by atoms with Crippen LogP contribution in [0.25, 0.3) is 0 Å². The van der Waals surface area contributed by atoms with Crippen molar-refractivity contribution in [3.8, 4) is 5.75 Å². The molecule has 15 heavy (non-hydrogen) atoms. The van der Waals surface area contributed by atoms with Crippen molar-refractivity contribution in [3.63, 3.8) is 0 Å². The highest BCUT2D eigenvalue weighted by molar-refractivity contribution is 6.42. The first kappa shape index (κ1) is 12.6. The fourth-order valence-electron chi connectivity index (χ4n) is 1.17. The van der Waals surface area contributed by atoms with Gasteiger partial charge in [-0.25, -0.2) is 0 Å². The van der Waals surface area contributed by atoms with Crippen molar-refractivity contribution in [2.45, 2.75) is 19.3 Å². The summed E-state index contributed by atoms with van der Waals surface area (Å²) in [5, 5.41) is 9.55. The molecule has 4 heteroatoms. The van der Waals surface area contributed by atoms with E-state index in [2.05, 4.69) is 0 Å². The lowest BCUT2D eigenvalue weighted by molar-refractivity contribution is 0.266. The molecule has 0 atom stereocenters. The van der Waals surface area contributed by atoms with Crippen LogP contribution in [0.3, 0.4) is 0 Å². The summed E-state index contributed by atoms with van der Waals surface area (Å²) < 4.78 is 5.47. The van der Waals surface area contributed by atoms with Crippen LogP contribution in [-0.2, 0) is 0 Å². The Morgan fingerprint density at radius 2 is 1.93 bits per heavy atom. The standard InChI is InChI=1S/C11H14Cl2O2/c12-9-5-4-6-10(11(9)13)15-8-3-1-2-7-14/h4-6,14H,1-3,7-8H2. The SMILES string of the molecule is OCCCCCOc1cccc(Cl)c1Cl. The van der Waals surface area contributed by atoms with E-state index >= 15 is 0 Å². The monoisotopic (exact) mass is 248 g/mol. The molecule has 0 aliphatic rings. The van der Waals surface area contributed by atoms with Gasteiger partial charge in [0.1, 0.15) is 10.8 Å². The zero-order chi connectivity index (χ0) is 11.1. The van der Waals surface area contributed by atoms with Gasteiger partial charge < -0.3 is 9.84 Å². The second-order valence-electron chi connectivity index (χ2n) is 3.18. The largest absolute Gasteiger partial charge is 0.492 e. The van der Waals surface area contributed by atoms with Gasteiger partial charge in [-0.05, 0) is 31.4 Å². The number of aliphatic hydroxyl groups is 1. The fraction of sp³-hybridized carbons (Fsp3) is 0.455. The Balaban J connectivity index is 2.34. The van der Waals surface area contributed by atoms with Crippen LogP contribution < -0.4 is 4.74 Å². The van der Waals surface area contributed by atoms with Crippen LogP contribution in [-0.4, -0.2) is 18.3 Å². The van der Waals surface area contributed by atoms with E-state index in [1.807, 2.05) is 0 Å². The Hall–Kier alpha value is -0.440. The molecule has 2 nitrogen and oxygen atoms in total. The van der Waals surface area contributed by atoms with Crippen LogP contribution >= 0.6 is 23.2 Å². The Morgan fingerprint density at radius 1 is 1.13 bits per heavy atom. The molecule has 0 aromatic heterocycles. The van der Waals surface area contributed by atoms with Crippen LogP contribution in [0.1, 0.15) is 19.3 Å². The van der Waals surface area contributed by atoms with E-state index in [0.29, 0.717) is 22.4 Å². The van der Waals surface area contributed by atoms with Crippen molar-refractivity contribution in [2.24, 2.45) is 0 Å². The van der Waals surface area contributed by atoms with Crippen LogP contribution in [0.4, 0.5) is 0 Å². The van der Waals surface area contributed by atoms with Crippen LogP contribution in [0.15, 0.2) is 18.2 Å². The van der Waals surface area contributed by atoms with Gasteiger partial charge in [0.25, 0.3) is 0 Å². The van der Waals surface area contributed by atoms with E-state index in [4.69, 9.17) is 33.0 Å². The van der Waals surface area contributed by atoms with Gasteiger partial charge in [-0.1, -0.05) is 29.3 Å². The Morgan fingerprint density at radius 3 is 2.67 bits per heavy atom. The third kappa shape index (κ3) is 4.29. The fourth-order valence-corrected chi connectivity index (χ4v) is 1.51. The summed E-state index contributed by atoms with van der Waals surface area (Å²) in [4.78, 5) is 0. The van der Waals surface area contributed by atoms with Gasteiger partial charge in [-0.15, -0.1) is 0 Å². The zero-order valence-corrected chi connectivity index (χ0v) is 9.89. The topological polar surface area (TPSA) is 29.5 Å². The lowest BCUT2D eigenvalue weighted by Gasteiger charge is -2.08. The molecule has 1 N–H and O–H groups in total. The molecular weight excluding hydrogens is 235 g/mol. The molecule has 0 spiro atoms. The molecule has 1 aromatic rings. The summed E-state index contributed by atoms with van der Waals surface area (Å²) in [6.45, 7) is 0.831. The van der Waals surface area contributed by atoms with Gasteiger partial charge in [0.05, 0.1) is 11.6 Å². The minimum absolute atomic E-state index is 0.234. The van der Waals surface area contributed by atoms with Crippen molar-refractivity contribution >= 4 is 23.2 Å². The number of halogens is 2. The summed E-state index contributed by atoms with van der Waals surface area (Å²) >= 11 is 11.8. The van der Waals surface area contributed by atoms with Crippen molar-refractivity contribution in [1.29, 1.82) is 0 Å². The van der Waals surface area contributed by atoms with E-state index in [1.165, 1.54) is 0 Å². The van der Waals surface area contributed by atoms with Crippen molar-refractivity contribution in [3.05, 3.63) is 28.2 Å². The van der Waals surface area contributed by atoms with Crippen molar-refractivity contribution < 1.29 is 9.84 Å². The summed E-state index contributed by atoms with van der Waals surface area (Å²) in [7, 11) is 0. The Labute approximate surface area is 99.8 Å². The lowest BCUT2D eigenvalue weighted by Crippen LogP contribution is -1.98. The predicted molar refractivity (Wildman–Crippen MR) is 62.9 cm³/mol. The molecule has 0 amide bonds. The molecule has 0 heterocycles. The number of hydrogen-bond donors (Lipinski definition) is 1. The summed E-state index contributed by atoms with van der Waals surface area (Å²) in [6.07, 6.45) is 2.67. The smallest absolute Gasteiger partial charge is 0.139 e. The third-order valence-electron chi connectivity index (χ3n) is 1.98. The average Bonchev–Trinajstić information content (AvgIpc) is 2.24. The number of unbranched alkanes of at least 4 members (excludes halogenated alkanes) is 2. The molecule has 1 aromatic carbocycles. The molecular formula is C11H14Cl2O2. The van der Waals surface area contributed by atoms with E-state index in [0.717, 1.165) is 19.3 Å². The number of benzene rings is 1. The van der Waals surface area contributed by atoms with E-state index in [9.17, 15) is 0 Å². The van der Waals surface area contributed by atoms with Gasteiger partial charge in [-0.2, -0.15) is 0 Å². The maximum atomic E-state index is 8.58. The predicted octanol–water partition coefficient (Wildman–Crippen LogP) is 3.53. The molecule has 0 saturated heterocycles. The summed E-state index contributed by atoms with van der Waals surface area (Å²) in [5.74, 6) is 0.619. The molecule has 0 aliphatic heterocycles. The minimum Gasteiger partial charge on any atom is -0.492 e. The molecule has 0 aliphatic carbocycles. The van der Waals surface area contributed by atoms with Crippen LogP contribution in [0.2, 0.25) is 10.0 Å². The molecule has 1 rings (SSSR count). The van der Waals surface area contributed by atoms with E-state index in [-0.39, 0.29) is 6.61 Å². The first-order valence-corrected chi connectivity index (χ1v) is 5.69. The van der Waals surface area contributed by atoms with E-state index < -0.39 is 0 Å². The molecule has 84 valence electrons. The van der Waals surface area contributed by atoms with Gasteiger partial charge in [-0.3, -0.25) is 0 Å². The van der Waals surface area contributed by atoms with Gasteiger partial charge in [0.15, 0.2) is 0 Å². The second-order valence-corrected chi connectivity index (χ2v) is 3.97. The molecule has 0 fully saturated rings. The number of rotatable bonds is 6. The Kier molecular flexibility index (Phi) is 5.84. The summed E-state index contributed by atoms with van der Waals surface area (Å²) in [5.41, 5.74) is 0. The second kappa shape index (κ2) is 6.94. The van der Waals surface area contributed by atoms with Crippen LogP contribution in [0.5, 0.6) is 5.75 Å². The number of ether oxygens (including phenoxy) is 1. The highest BCUT2D eigenvalue weighted by Crippen LogP contribution is 2.31. The van der Waals surface area contributed by atoms with Gasteiger partial charge in [0, 0.05) is 6.61 Å². The average molecular weight is 249 g/mol. The van der Waals surface area contributed by atoms with Gasteiger partial charge >= 0.3 is 0 Å². The molecule has 0 bridgehead atoms. The molecule has 0 saturated carbocycles. The number of hydrogen-bond acceptors (Lipinski definition) is 2. The highest BCUT2D eigenvalue weighted by atomic mass is 35.5. The molecule has 0 unspecified atom stereocenters. The maximum absolute atomic E-state index is 8.58.